The summed E-state index contributed by atoms with van der Waals surface area (Å²) in [6.07, 6.45) is 6.00. The highest BCUT2D eigenvalue weighted by atomic mass is 16.1. The Bertz CT molecular complexity index is 191. The standard InChI is InChI=1S/C12H23NO2.C2H6/c1-3-11(14)9-7-5-6-8-10-12(15)13-4-2;1-2/h3-10H2,1-2H3,(H,13,15);1-2H3. The zero-order valence-electron chi connectivity index (χ0n) is 12.0. The fraction of sp³-hybridized carbons (Fsp3) is 0.857. The third kappa shape index (κ3) is 15.1. The van der Waals surface area contributed by atoms with Crippen LogP contribution in [-0.2, 0) is 9.59 Å². The normalized spacial score (nSPS) is 9.18. The fourth-order valence-corrected chi connectivity index (χ4v) is 1.42. The Hall–Kier alpha value is -0.860. The highest BCUT2D eigenvalue weighted by molar-refractivity contribution is 5.77. The van der Waals surface area contributed by atoms with Crippen molar-refractivity contribution in [1.82, 2.24) is 5.32 Å². The van der Waals surface area contributed by atoms with Gasteiger partial charge in [-0.25, -0.2) is 0 Å². The molecule has 0 atom stereocenters. The molecular weight excluding hydrogens is 214 g/mol. The quantitative estimate of drug-likeness (QED) is 0.630. The van der Waals surface area contributed by atoms with Gasteiger partial charge in [0.1, 0.15) is 5.78 Å². The monoisotopic (exact) mass is 243 g/mol. The van der Waals surface area contributed by atoms with Crippen molar-refractivity contribution in [2.45, 2.75) is 72.6 Å². The topological polar surface area (TPSA) is 46.2 Å². The Labute approximate surface area is 106 Å². The van der Waals surface area contributed by atoms with Crippen molar-refractivity contribution in [3.05, 3.63) is 0 Å². The van der Waals surface area contributed by atoms with E-state index in [0.717, 1.165) is 25.7 Å². The van der Waals surface area contributed by atoms with E-state index < -0.39 is 0 Å². The molecule has 1 amide bonds. The Morgan fingerprint density at radius 3 is 1.88 bits per heavy atom. The fourth-order valence-electron chi connectivity index (χ4n) is 1.42. The van der Waals surface area contributed by atoms with Crippen molar-refractivity contribution in [3.8, 4) is 0 Å². The minimum absolute atomic E-state index is 0.141. The van der Waals surface area contributed by atoms with Gasteiger partial charge in [0.25, 0.3) is 0 Å². The lowest BCUT2D eigenvalue weighted by Crippen LogP contribution is -2.21. The van der Waals surface area contributed by atoms with Crippen LogP contribution in [-0.4, -0.2) is 18.2 Å². The van der Waals surface area contributed by atoms with E-state index in [0.29, 0.717) is 31.6 Å². The van der Waals surface area contributed by atoms with Crippen LogP contribution in [0.15, 0.2) is 0 Å². The zero-order chi connectivity index (χ0) is 13.5. The number of carbonyl (C=O) groups excluding carboxylic acids is 2. The molecule has 0 saturated heterocycles. The Balaban J connectivity index is 0. The molecule has 0 aliphatic heterocycles. The first-order valence-electron chi connectivity index (χ1n) is 6.99. The second-order valence-corrected chi connectivity index (χ2v) is 3.76. The third-order valence-corrected chi connectivity index (χ3v) is 2.38. The van der Waals surface area contributed by atoms with Gasteiger partial charge in [0, 0.05) is 25.8 Å². The summed E-state index contributed by atoms with van der Waals surface area (Å²) in [5.74, 6) is 0.487. The van der Waals surface area contributed by atoms with Gasteiger partial charge in [-0.1, -0.05) is 33.6 Å². The van der Waals surface area contributed by atoms with Crippen LogP contribution in [0, 0.1) is 0 Å². The molecule has 0 aliphatic rings. The van der Waals surface area contributed by atoms with Gasteiger partial charge in [0.05, 0.1) is 0 Å². The number of hydrogen-bond acceptors (Lipinski definition) is 2. The lowest BCUT2D eigenvalue weighted by Gasteiger charge is -2.02. The van der Waals surface area contributed by atoms with E-state index >= 15 is 0 Å². The van der Waals surface area contributed by atoms with Crippen LogP contribution in [0.4, 0.5) is 0 Å². The number of carbonyl (C=O) groups is 2. The van der Waals surface area contributed by atoms with Crippen LogP contribution in [0.1, 0.15) is 72.6 Å². The summed E-state index contributed by atoms with van der Waals surface area (Å²) >= 11 is 0. The predicted octanol–water partition coefficient (Wildman–Crippen LogP) is 3.47. The van der Waals surface area contributed by atoms with E-state index in [-0.39, 0.29) is 5.91 Å². The van der Waals surface area contributed by atoms with Crippen molar-refractivity contribution in [2.75, 3.05) is 6.54 Å². The Kier molecular flexibility index (Phi) is 16.5. The van der Waals surface area contributed by atoms with E-state index in [1.54, 1.807) is 0 Å². The summed E-state index contributed by atoms with van der Waals surface area (Å²) in [7, 11) is 0. The molecule has 0 bridgehead atoms. The SMILES string of the molecule is CC.CCNC(=O)CCCCCCC(=O)CC. The number of hydrogen-bond donors (Lipinski definition) is 1. The minimum Gasteiger partial charge on any atom is -0.356 e. The highest BCUT2D eigenvalue weighted by Crippen LogP contribution is 2.06. The van der Waals surface area contributed by atoms with E-state index in [2.05, 4.69) is 5.32 Å². The van der Waals surface area contributed by atoms with Gasteiger partial charge in [-0.2, -0.15) is 0 Å². The summed E-state index contributed by atoms with van der Waals surface area (Å²) in [5.41, 5.74) is 0. The molecular formula is C14H29NO2. The van der Waals surface area contributed by atoms with Gasteiger partial charge in [0.2, 0.25) is 5.91 Å². The first kappa shape index (κ1) is 18.5. The molecule has 0 saturated carbocycles. The maximum absolute atomic E-state index is 11.1. The molecule has 3 heteroatoms. The van der Waals surface area contributed by atoms with Crippen molar-refractivity contribution >= 4 is 11.7 Å². The number of nitrogens with one attached hydrogen (secondary N) is 1. The maximum atomic E-state index is 11.1. The smallest absolute Gasteiger partial charge is 0.219 e. The molecule has 0 fully saturated rings. The van der Waals surface area contributed by atoms with Gasteiger partial charge in [-0.15, -0.1) is 0 Å². The van der Waals surface area contributed by atoms with Crippen molar-refractivity contribution in [3.63, 3.8) is 0 Å². The lowest BCUT2D eigenvalue weighted by molar-refractivity contribution is -0.121. The number of unbranched alkanes of at least 4 members (excludes halogenated alkanes) is 3. The summed E-state index contributed by atoms with van der Waals surface area (Å²) in [5, 5.41) is 2.77. The van der Waals surface area contributed by atoms with Gasteiger partial charge >= 0.3 is 0 Å². The third-order valence-electron chi connectivity index (χ3n) is 2.38. The molecule has 0 rings (SSSR count). The highest BCUT2D eigenvalue weighted by Gasteiger charge is 2.00. The molecule has 102 valence electrons. The summed E-state index contributed by atoms with van der Waals surface area (Å²) < 4.78 is 0. The molecule has 1 N–H and O–H groups in total. The number of ketones is 1. The lowest BCUT2D eigenvalue weighted by atomic mass is 10.1. The largest absolute Gasteiger partial charge is 0.356 e. The summed E-state index contributed by atoms with van der Waals surface area (Å²) in [4.78, 5) is 22.0. The van der Waals surface area contributed by atoms with Crippen LogP contribution < -0.4 is 5.32 Å². The van der Waals surface area contributed by atoms with E-state index in [9.17, 15) is 9.59 Å². The predicted molar refractivity (Wildman–Crippen MR) is 73.0 cm³/mol. The molecule has 0 aromatic rings. The number of rotatable bonds is 9. The van der Waals surface area contributed by atoms with Crippen LogP contribution in [0.25, 0.3) is 0 Å². The van der Waals surface area contributed by atoms with Crippen molar-refractivity contribution in [2.24, 2.45) is 0 Å². The molecule has 3 nitrogen and oxygen atoms in total. The first-order valence-corrected chi connectivity index (χ1v) is 6.99. The van der Waals surface area contributed by atoms with Gasteiger partial charge in [-0.3, -0.25) is 9.59 Å². The minimum atomic E-state index is 0.141. The average Bonchev–Trinajstić information content (AvgIpc) is 2.36. The molecule has 0 heterocycles. The van der Waals surface area contributed by atoms with Crippen LogP contribution in [0.5, 0.6) is 0 Å². The molecule has 0 aromatic heterocycles. The molecule has 0 radical (unpaired) electrons. The van der Waals surface area contributed by atoms with E-state index in [1.807, 2.05) is 27.7 Å². The number of amides is 1. The molecule has 0 aromatic carbocycles. The maximum Gasteiger partial charge on any atom is 0.219 e. The number of Topliss-reactive ketones (excluding diaryl/α,β-unsaturated/α-hetero) is 1. The summed E-state index contributed by atoms with van der Waals surface area (Å²) in [6, 6.07) is 0. The second-order valence-electron chi connectivity index (χ2n) is 3.76. The van der Waals surface area contributed by atoms with Crippen LogP contribution >= 0.6 is 0 Å². The van der Waals surface area contributed by atoms with Crippen LogP contribution in [0.2, 0.25) is 0 Å². The molecule has 0 aliphatic carbocycles. The van der Waals surface area contributed by atoms with E-state index in [1.165, 1.54) is 0 Å². The summed E-state index contributed by atoms with van der Waals surface area (Å²) in [6.45, 7) is 8.54. The average molecular weight is 243 g/mol. The second kappa shape index (κ2) is 15.1. The Morgan fingerprint density at radius 2 is 1.41 bits per heavy atom. The van der Waals surface area contributed by atoms with Crippen molar-refractivity contribution < 1.29 is 9.59 Å². The molecule has 17 heavy (non-hydrogen) atoms. The first-order chi connectivity index (χ1) is 8.20. The Morgan fingerprint density at radius 1 is 0.882 bits per heavy atom. The van der Waals surface area contributed by atoms with Crippen LogP contribution in [0.3, 0.4) is 0 Å². The molecule has 0 unspecified atom stereocenters. The van der Waals surface area contributed by atoms with Crippen molar-refractivity contribution in [1.29, 1.82) is 0 Å². The van der Waals surface area contributed by atoms with Gasteiger partial charge < -0.3 is 5.32 Å². The zero-order valence-corrected chi connectivity index (χ0v) is 12.0. The molecule has 0 spiro atoms. The van der Waals surface area contributed by atoms with Gasteiger partial charge in [0.15, 0.2) is 0 Å². The van der Waals surface area contributed by atoms with E-state index in [4.69, 9.17) is 0 Å². The van der Waals surface area contributed by atoms with Gasteiger partial charge in [-0.05, 0) is 19.8 Å².